The maximum atomic E-state index is 5.55. The Morgan fingerprint density at radius 1 is 0.864 bits per heavy atom. The number of rotatable bonds is 7. The Morgan fingerprint density at radius 3 is 1.91 bits per heavy atom. The fourth-order valence-electron chi connectivity index (χ4n) is 3.15. The summed E-state index contributed by atoms with van der Waals surface area (Å²) in [5.41, 5.74) is 1.58. The molecule has 126 valence electrons. The zero-order valence-electron chi connectivity index (χ0n) is 15.4. The lowest BCUT2D eigenvalue weighted by atomic mass is 9.81. The molecule has 0 amide bonds. The molecule has 0 aliphatic carbocycles. The van der Waals surface area contributed by atoms with Crippen molar-refractivity contribution >= 4 is 0 Å². The van der Waals surface area contributed by atoms with Gasteiger partial charge in [0.1, 0.15) is 6.54 Å². The second-order valence-electron chi connectivity index (χ2n) is 7.63. The van der Waals surface area contributed by atoms with Gasteiger partial charge in [0.2, 0.25) is 5.75 Å². The summed E-state index contributed by atoms with van der Waals surface area (Å²) in [7, 11) is 4.94. The van der Waals surface area contributed by atoms with Crippen LogP contribution in [0.4, 0.5) is 0 Å². The number of benzene rings is 1. The predicted molar refractivity (Wildman–Crippen MR) is 89.9 cm³/mol. The fraction of sp³-hybridized carbons (Fsp3) is 0.667. The number of quaternary nitrogens is 1. The van der Waals surface area contributed by atoms with Crippen molar-refractivity contribution < 1.29 is 19.5 Å². The summed E-state index contributed by atoms with van der Waals surface area (Å²) in [6.07, 6.45) is 1.13. The Hall–Kier alpha value is -1.42. The van der Waals surface area contributed by atoms with E-state index >= 15 is 0 Å². The van der Waals surface area contributed by atoms with Crippen LogP contribution in [0.1, 0.15) is 46.6 Å². The maximum Gasteiger partial charge on any atom is 0.203 e. The molecular weight excluding hydrogens is 278 g/mol. The fourth-order valence-corrected chi connectivity index (χ4v) is 3.15. The van der Waals surface area contributed by atoms with E-state index < -0.39 is 0 Å². The zero-order chi connectivity index (χ0) is 17.0. The van der Waals surface area contributed by atoms with Gasteiger partial charge >= 0.3 is 0 Å². The molecule has 22 heavy (non-hydrogen) atoms. The molecule has 0 aromatic heterocycles. The molecule has 0 fully saturated rings. The molecule has 0 bridgehead atoms. The van der Waals surface area contributed by atoms with Crippen molar-refractivity contribution in [2.45, 2.75) is 53.1 Å². The van der Waals surface area contributed by atoms with Crippen LogP contribution in [0.25, 0.3) is 0 Å². The second-order valence-corrected chi connectivity index (χ2v) is 7.63. The van der Waals surface area contributed by atoms with Gasteiger partial charge in [-0.1, -0.05) is 20.8 Å². The van der Waals surface area contributed by atoms with Crippen LogP contribution in [0, 0.1) is 5.41 Å². The van der Waals surface area contributed by atoms with Crippen LogP contribution in [-0.4, -0.2) is 26.9 Å². The molecule has 0 aliphatic heterocycles. The first-order valence-electron chi connectivity index (χ1n) is 7.76. The Bertz CT molecular complexity index is 490. The number of hydrogen-bond donors (Lipinski definition) is 1. The van der Waals surface area contributed by atoms with Gasteiger partial charge in [-0.25, -0.2) is 0 Å². The van der Waals surface area contributed by atoms with Crippen molar-refractivity contribution in [1.29, 1.82) is 0 Å². The van der Waals surface area contributed by atoms with Gasteiger partial charge in [-0.3, -0.25) is 0 Å². The second kappa shape index (κ2) is 7.23. The van der Waals surface area contributed by atoms with Gasteiger partial charge in [-0.15, -0.1) is 0 Å². The van der Waals surface area contributed by atoms with Crippen LogP contribution in [0.2, 0.25) is 0 Å². The molecule has 0 atom stereocenters. The van der Waals surface area contributed by atoms with Crippen molar-refractivity contribution in [3.63, 3.8) is 0 Å². The highest BCUT2D eigenvalue weighted by Crippen LogP contribution is 2.39. The average Bonchev–Trinajstić information content (AvgIpc) is 2.41. The number of hydrogen-bond acceptors (Lipinski definition) is 3. The first-order valence-corrected chi connectivity index (χ1v) is 7.76. The molecule has 0 radical (unpaired) electrons. The Labute approximate surface area is 135 Å². The first kappa shape index (κ1) is 18.6. The quantitative estimate of drug-likeness (QED) is 0.842. The van der Waals surface area contributed by atoms with Gasteiger partial charge in [0, 0.05) is 6.42 Å². The lowest BCUT2D eigenvalue weighted by molar-refractivity contribution is -0.737. The van der Waals surface area contributed by atoms with E-state index in [1.54, 1.807) is 21.3 Å². The topological polar surface area (TPSA) is 44.3 Å². The van der Waals surface area contributed by atoms with Crippen LogP contribution >= 0.6 is 0 Å². The number of ether oxygens (including phenoxy) is 3. The summed E-state index contributed by atoms with van der Waals surface area (Å²) in [6.45, 7) is 12.2. The van der Waals surface area contributed by atoms with E-state index in [0.717, 1.165) is 24.3 Å². The van der Waals surface area contributed by atoms with E-state index in [9.17, 15) is 0 Å². The molecule has 4 nitrogen and oxygen atoms in total. The Balaban J connectivity index is 2.94. The van der Waals surface area contributed by atoms with E-state index in [2.05, 4.69) is 39.9 Å². The van der Waals surface area contributed by atoms with Gasteiger partial charge in [0.05, 0.1) is 32.4 Å². The molecule has 2 N–H and O–H groups in total. The van der Waals surface area contributed by atoms with E-state index in [1.807, 2.05) is 12.1 Å². The molecule has 0 saturated carbocycles. The molecule has 0 heterocycles. The first-order chi connectivity index (χ1) is 10.1. The standard InChI is InChI=1S/C18H31NO3/c1-17(2,3)12-18(4,5)19-11-13-9-10-14(20-6)16(22-8)15(13)21-7/h9-10,19H,11-12H2,1-8H3/p+1. The van der Waals surface area contributed by atoms with E-state index in [0.29, 0.717) is 16.9 Å². The van der Waals surface area contributed by atoms with Gasteiger partial charge in [0.25, 0.3) is 0 Å². The minimum absolute atomic E-state index is 0.163. The summed E-state index contributed by atoms with van der Waals surface area (Å²) in [6, 6.07) is 3.98. The molecular formula is C18H32NO3+. The highest BCUT2D eigenvalue weighted by atomic mass is 16.5. The zero-order valence-corrected chi connectivity index (χ0v) is 15.4. The van der Waals surface area contributed by atoms with Crippen molar-refractivity contribution in [3.8, 4) is 17.2 Å². The summed E-state index contributed by atoms with van der Waals surface area (Å²) in [5.74, 6) is 2.10. The van der Waals surface area contributed by atoms with Crippen LogP contribution in [0.3, 0.4) is 0 Å². The van der Waals surface area contributed by atoms with Gasteiger partial charge in [-0.2, -0.15) is 0 Å². The number of methoxy groups -OCH3 is 3. The smallest absolute Gasteiger partial charge is 0.203 e. The molecule has 0 aliphatic rings. The van der Waals surface area contributed by atoms with Crippen LogP contribution < -0.4 is 19.5 Å². The highest BCUT2D eigenvalue weighted by Gasteiger charge is 2.29. The van der Waals surface area contributed by atoms with Crippen molar-refractivity contribution in [1.82, 2.24) is 0 Å². The number of nitrogens with two attached hydrogens (primary N) is 1. The van der Waals surface area contributed by atoms with Crippen molar-refractivity contribution in [2.75, 3.05) is 21.3 Å². The third-order valence-corrected chi connectivity index (χ3v) is 3.65. The predicted octanol–water partition coefficient (Wildman–Crippen LogP) is 2.99. The summed E-state index contributed by atoms with van der Waals surface area (Å²) < 4.78 is 16.3. The maximum absolute atomic E-state index is 5.55. The molecule has 0 saturated heterocycles. The van der Waals surface area contributed by atoms with E-state index in [-0.39, 0.29) is 5.54 Å². The molecule has 1 aromatic carbocycles. The van der Waals surface area contributed by atoms with Crippen LogP contribution in [0.15, 0.2) is 12.1 Å². The van der Waals surface area contributed by atoms with Crippen LogP contribution in [0.5, 0.6) is 17.2 Å². The highest BCUT2D eigenvalue weighted by molar-refractivity contribution is 5.55. The van der Waals surface area contributed by atoms with Gasteiger partial charge in [-0.05, 0) is 31.4 Å². The summed E-state index contributed by atoms with van der Waals surface area (Å²) in [5, 5.41) is 2.36. The molecule has 1 rings (SSSR count). The largest absolute Gasteiger partial charge is 0.493 e. The minimum Gasteiger partial charge on any atom is -0.493 e. The van der Waals surface area contributed by atoms with Crippen molar-refractivity contribution in [3.05, 3.63) is 17.7 Å². The molecule has 1 aromatic rings. The normalized spacial score (nSPS) is 12.2. The monoisotopic (exact) mass is 310 g/mol. The van der Waals surface area contributed by atoms with Gasteiger partial charge < -0.3 is 19.5 Å². The average molecular weight is 310 g/mol. The van der Waals surface area contributed by atoms with Crippen LogP contribution in [-0.2, 0) is 6.54 Å². The van der Waals surface area contributed by atoms with E-state index in [4.69, 9.17) is 14.2 Å². The van der Waals surface area contributed by atoms with Crippen molar-refractivity contribution in [2.24, 2.45) is 5.41 Å². The lowest BCUT2D eigenvalue weighted by Crippen LogP contribution is -2.94. The SMILES string of the molecule is COc1ccc(C[NH2+]C(C)(C)CC(C)(C)C)c(OC)c1OC. The molecule has 0 unspecified atom stereocenters. The third-order valence-electron chi connectivity index (χ3n) is 3.65. The Kier molecular flexibility index (Phi) is 6.12. The Morgan fingerprint density at radius 2 is 1.45 bits per heavy atom. The molecule has 0 spiro atoms. The minimum atomic E-state index is 0.163. The van der Waals surface area contributed by atoms with E-state index in [1.165, 1.54) is 0 Å². The lowest BCUT2D eigenvalue weighted by Gasteiger charge is -2.30. The molecule has 4 heteroatoms. The van der Waals surface area contributed by atoms with Gasteiger partial charge in [0.15, 0.2) is 11.5 Å². The third kappa shape index (κ3) is 5.09. The summed E-state index contributed by atoms with van der Waals surface area (Å²) in [4.78, 5) is 0. The summed E-state index contributed by atoms with van der Waals surface area (Å²) >= 11 is 0.